The van der Waals surface area contributed by atoms with Crippen molar-refractivity contribution in [1.82, 2.24) is 5.32 Å². The molecule has 0 saturated heterocycles. The Balaban J connectivity index is 1.86. The summed E-state index contributed by atoms with van der Waals surface area (Å²) in [6.07, 6.45) is 0. The lowest BCUT2D eigenvalue weighted by Gasteiger charge is -2.25. The lowest BCUT2D eigenvalue weighted by molar-refractivity contribution is -0.119. The van der Waals surface area contributed by atoms with Gasteiger partial charge in [0.05, 0.1) is 12.8 Å². The molecule has 0 saturated carbocycles. The third-order valence-electron chi connectivity index (χ3n) is 4.17. The van der Waals surface area contributed by atoms with Crippen molar-refractivity contribution in [2.24, 2.45) is 0 Å². The van der Waals surface area contributed by atoms with E-state index in [9.17, 15) is 13.2 Å². The van der Waals surface area contributed by atoms with Crippen molar-refractivity contribution >= 4 is 56.2 Å². The summed E-state index contributed by atoms with van der Waals surface area (Å²) >= 11 is 13.1. The van der Waals surface area contributed by atoms with Crippen LogP contribution in [0.2, 0.25) is 10.0 Å². The molecule has 0 unspecified atom stereocenters. The van der Waals surface area contributed by atoms with Crippen molar-refractivity contribution in [3.8, 4) is 5.75 Å². The molecule has 0 aliphatic heterocycles. The smallest absolute Gasteiger partial charge is 0.274 e. The van der Waals surface area contributed by atoms with Crippen LogP contribution < -0.4 is 14.4 Å². The number of nitrogens with zero attached hydrogens (tertiary/aromatic N) is 1. The van der Waals surface area contributed by atoms with E-state index in [0.29, 0.717) is 21.4 Å². The molecule has 2 aromatic carbocycles. The van der Waals surface area contributed by atoms with Crippen LogP contribution in [0.25, 0.3) is 0 Å². The maximum Gasteiger partial charge on any atom is 0.274 e. The number of nitrogens with one attached hydrogen (secondary N) is 1. The van der Waals surface area contributed by atoms with Gasteiger partial charge in [-0.25, -0.2) is 8.42 Å². The fourth-order valence-corrected chi connectivity index (χ4v) is 5.71. The van der Waals surface area contributed by atoms with E-state index in [0.717, 1.165) is 15.6 Å². The van der Waals surface area contributed by atoms with Crippen molar-refractivity contribution in [3.63, 3.8) is 0 Å². The maximum absolute atomic E-state index is 13.2. The third-order valence-corrected chi connectivity index (χ3v) is 7.89. The van der Waals surface area contributed by atoms with Crippen LogP contribution in [0, 0.1) is 0 Å². The molecule has 0 bridgehead atoms. The Morgan fingerprint density at radius 1 is 1.13 bits per heavy atom. The molecule has 1 aromatic heterocycles. The van der Waals surface area contributed by atoms with E-state index in [-0.39, 0.29) is 16.4 Å². The number of anilines is 1. The van der Waals surface area contributed by atoms with Crippen LogP contribution in [-0.4, -0.2) is 28.0 Å². The number of carbonyl (C=O) groups is 1. The van der Waals surface area contributed by atoms with E-state index in [1.807, 2.05) is 0 Å². The first kappa shape index (κ1) is 22.4. The predicted molar refractivity (Wildman–Crippen MR) is 120 cm³/mol. The SMILES string of the molecule is COc1ccccc1N(CC(=O)NCc1ccc(Cl)cc1Cl)S(=O)(=O)c1cccs1. The van der Waals surface area contributed by atoms with E-state index in [1.165, 1.54) is 13.2 Å². The Bertz CT molecular complexity index is 1140. The Morgan fingerprint density at radius 3 is 2.57 bits per heavy atom. The monoisotopic (exact) mass is 484 g/mol. The van der Waals surface area contributed by atoms with Crippen LogP contribution in [0.5, 0.6) is 5.75 Å². The van der Waals surface area contributed by atoms with E-state index in [2.05, 4.69) is 5.32 Å². The normalized spacial score (nSPS) is 11.2. The predicted octanol–water partition coefficient (Wildman–Crippen LogP) is 4.58. The molecule has 0 aliphatic carbocycles. The third kappa shape index (κ3) is 5.07. The molecule has 1 N–H and O–H groups in total. The highest BCUT2D eigenvalue weighted by Gasteiger charge is 2.30. The van der Waals surface area contributed by atoms with Crippen LogP contribution in [0.1, 0.15) is 5.56 Å². The van der Waals surface area contributed by atoms with Gasteiger partial charge in [0.2, 0.25) is 5.91 Å². The molecular formula is C20H18Cl2N2O4S2. The van der Waals surface area contributed by atoms with Crippen LogP contribution >= 0.6 is 34.5 Å². The van der Waals surface area contributed by atoms with Gasteiger partial charge in [-0.2, -0.15) is 0 Å². The quantitative estimate of drug-likeness (QED) is 0.507. The van der Waals surface area contributed by atoms with Crippen molar-refractivity contribution in [1.29, 1.82) is 0 Å². The first-order chi connectivity index (χ1) is 14.3. The molecule has 10 heteroatoms. The van der Waals surface area contributed by atoms with E-state index in [1.54, 1.807) is 53.9 Å². The molecule has 0 spiro atoms. The van der Waals surface area contributed by atoms with Gasteiger partial charge in [0.15, 0.2) is 0 Å². The summed E-state index contributed by atoms with van der Waals surface area (Å²) < 4.78 is 32.9. The molecule has 158 valence electrons. The molecule has 0 radical (unpaired) electrons. The number of benzene rings is 2. The largest absolute Gasteiger partial charge is 0.495 e. The summed E-state index contributed by atoms with van der Waals surface area (Å²) in [5, 5.41) is 5.27. The average molecular weight is 485 g/mol. The van der Waals surface area contributed by atoms with Gasteiger partial charge in [-0.15, -0.1) is 11.3 Å². The zero-order valence-corrected chi connectivity index (χ0v) is 19.0. The Morgan fingerprint density at radius 2 is 1.90 bits per heavy atom. The summed E-state index contributed by atoms with van der Waals surface area (Å²) in [7, 11) is -2.53. The zero-order valence-electron chi connectivity index (χ0n) is 15.8. The Kier molecular flexibility index (Phi) is 7.25. The summed E-state index contributed by atoms with van der Waals surface area (Å²) in [5.41, 5.74) is 0.937. The summed E-state index contributed by atoms with van der Waals surface area (Å²) in [6.45, 7) is -0.292. The minimum Gasteiger partial charge on any atom is -0.495 e. The molecule has 6 nitrogen and oxygen atoms in total. The lowest BCUT2D eigenvalue weighted by atomic mass is 10.2. The number of hydrogen-bond acceptors (Lipinski definition) is 5. The van der Waals surface area contributed by atoms with Crippen molar-refractivity contribution in [2.45, 2.75) is 10.8 Å². The number of rotatable bonds is 8. The molecule has 0 fully saturated rings. The molecule has 0 atom stereocenters. The fraction of sp³-hybridized carbons (Fsp3) is 0.150. The van der Waals surface area contributed by atoms with Gasteiger partial charge in [0.1, 0.15) is 16.5 Å². The van der Waals surface area contributed by atoms with E-state index >= 15 is 0 Å². The lowest BCUT2D eigenvalue weighted by Crippen LogP contribution is -2.40. The number of methoxy groups -OCH3 is 1. The first-order valence-electron chi connectivity index (χ1n) is 8.73. The minimum absolute atomic E-state index is 0.127. The number of thiophene rings is 1. The van der Waals surface area contributed by atoms with E-state index in [4.69, 9.17) is 27.9 Å². The molecule has 3 rings (SSSR count). The number of para-hydroxylation sites is 2. The second kappa shape index (κ2) is 9.70. The van der Waals surface area contributed by atoms with Crippen LogP contribution in [0.15, 0.2) is 64.2 Å². The highest BCUT2D eigenvalue weighted by atomic mass is 35.5. The van der Waals surface area contributed by atoms with Gasteiger partial charge in [-0.3, -0.25) is 9.10 Å². The highest BCUT2D eigenvalue weighted by Crippen LogP contribution is 2.33. The number of halogens is 2. The molecule has 30 heavy (non-hydrogen) atoms. The molecule has 0 aliphatic rings. The maximum atomic E-state index is 13.2. The van der Waals surface area contributed by atoms with Gasteiger partial charge in [-0.05, 0) is 41.3 Å². The molecule has 1 amide bonds. The van der Waals surface area contributed by atoms with Crippen molar-refractivity contribution < 1.29 is 17.9 Å². The van der Waals surface area contributed by atoms with Crippen LogP contribution in [0.3, 0.4) is 0 Å². The number of sulfonamides is 1. The van der Waals surface area contributed by atoms with Crippen LogP contribution in [-0.2, 0) is 21.4 Å². The van der Waals surface area contributed by atoms with Gasteiger partial charge in [0.25, 0.3) is 10.0 Å². The van der Waals surface area contributed by atoms with Crippen LogP contribution in [0.4, 0.5) is 5.69 Å². The van der Waals surface area contributed by atoms with Gasteiger partial charge >= 0.3 is 0 Å². The molecular weight excluding hydrogens is 467 g/mol. The topological polar surface area (TPSA) is 75.7 Å². The Hall–Kier alpha value is -2.26. The molecule has 1 heterocycles. The van der Waals surface area contributed by atoms with Gasteiger partial charge in [0, 0.05) is 16.6 Å². The van der Waals surface area contributed by atoms with Gasteiger partial charge in [-0.1, -0.05) is 47.5 Å². The number of carbonyl (C=O) groups excluding carboxylic acids is 1. The van der Waals surface area contributed by atoms with Crippen molar-refractivity contribution in [3.05, 3.63) is 75.6 Å². The highest BCUT2D eigenvalue weighted by molar-refractivity contribution is 7.94. The zero-order chi connectivity index (χ0) is 21.7. The average Bonchev–Trinajstić information content (AvgIpc) is 3.27. The summed E-state index contributed by atoms with van der Waals surface area (Å²) in [4.78, 5) is 12.7. The summed E-state index contributed by atoms with van der Waals surface area (Å²) in [5.74, 6) is -0.154. The number of hydrogen-bond donors (Lipinski definition) is 1. The molecule has 3 aromatic rings. The minimum atomic E-state index is -3.97. The number of amides is 1. The second-order valence-electron chi connectivity index (χ2n) is 6.13. The fourth-order valence-electron chi connectivity index (χ4n) is 2.70. The Labute approximate surface area is 189 Å². The van der Waals surface area contributed by atoms with Crippen molar-refractivity contribution in [2.75, 3.05) is 18.0 Å². The standard InChI is InChI=1S/C20H18Cl2N2O4S2/c1-28-18-6-3-2-5-17(18)24(30(26,27)20-7-4-10-29-20)13-19(25)23-12-14-8-9-15(21)11-16(14)22/h2-11H,12-13H2,1H3,(H,23,25). The summed E-state index contributed by atoms with van der Waals surface area (Å²) in [6, 6.07) is 14.7. The first-order valence-corrected chi connectivity index (χ1v) is 11.8. The second-order valence-corrected chi connectivity index (χ2v) is 10.0. The van der Waals surface area contributed by atoms with Gasteiger partial charge < -0.3 is 10.1 Å². The number of ether oxygens (including phenoxy) is 1. The van der Waals surface area contributed by atoms with E-state index < -0.39 is 22.5 Å².